The molecule has 0 spiro atoms. The highest BCUT2D eigenvalue weighted by molar-refractivity contribution is 5.78. The van der Waals surface area contributed by atoms with E-state index in [9.17, 15) is 4.79 Å². The van der Waals surface area contributed by atoms with Crippen LogP contribution in [0.2, 0.25) is 0 Å². The number of nitrogens with one attached hydrogen (secondary N) is 3. The number of aromatic amines is 2. The Hall–Kier alpha value is -2.43. The van der Waals surface area contributed by atoms with Crippen LogP contribution in [0.15, 0.2) is 41.3 Å². The summed E-state index contributed by atoms with van der Waals surface area (Å²) in [5.41, 5.74) is 3.74. The normalized spacial score (nSPS) is 11.1. The predicted octanol–water partition coefficient (Wildman–Crippen LogP) is 2.68. The quantitative estimate of drug-likeness (QED) is 0.667. The van der Waals surface area contributed by atoms with Crippen LogP contribution in [-0.4, -0.2) is 14.5 Å². The molecule has 3 N–H and O–H groups in total. The fourth-order valence-electron chi connectivity index (χ4n) is 2.40. The number of H-pyrrole nitrogens is 2. The molecule has 0 aliphatic carbocycles. The van der Waals surface area contributed by atoms with Gasteiger partial charge in [-0.1, -0.05) is 6.92 Å². The SMILES string of the molecule is CCCn1cccc1CNc1ccc2[nH]c(=O)[nH]c2c1. The van der Waals surface area contributed by atoms with Gasteiger partial charge in [0.1, 0.15) is 0 Å². The number of nitrogens with zero attached hydrogens (tertiary/aromatic N) is 1. The summed E-state index contributed by atoms with van der Waals surface area (Å²) in [7, 11) is 0. The molecule has 20 heavy (non-hydrogen) atoms. The van der Waals surface area contributed by atoms with Gasteiger partial charge in [-0.3, -0.25) is 0 Å². The minimum absolute atomic E-state index is 0.172. The molecule has 0 fully saturated rings. The molecule has 0 bridgehead atoms. The third-order valence-corrected chi connectivity index (χ3v) is 3.38. The zero-order valence-electron chi connectivity index (χ0n) is 11.4. The summed E-state index contributed by atoms with van der Waals surface area (Å²) in [6, 6.07) is 10.0. The van der Waals surface area contributed by atoms with Crippen molar-refractivity contribution < 1.29 is 0 Å². The summed E-state index contributed by atoms with van der Waals surface area (Å²) >= 11 is 0. The molecule has 3 rings (SSSR count). The molecule has 0 amide bonds. The zero-order valence-corrected chi connectivity index (χ0v) is 11.4. The Morgan fingerprint density at radius 3 is 2.90 bits per heavy atom. The summed E-state index contributed by atoms with van der Waals surface area (Å²) in [4.78, 5) is 16.7. The molecule has 0 atom stereocenters. The lowest BCUT2D eigenvalue weighted by molar-refractivity contribution is 0.654. The number of fused-ring (bicyclic) bond motifs is 1. The number of rotatable bonds is 5. The molecule has 2 heterocycles. The van der Waals surface area contributed by atoms with Gasteiger partial charge in [0, 0.05) is 24.1 Å². The summed E-state index contributed by atoms with van der Waals surface area (Å²) in [6.45, 7) is 3.98. The predicted molar refractivity (Wildman–Crippen MR) is 81.0 cm³/mol. The number of imidazole rings is 1. The number of aromatic nitrogens is 3. The Morgan fingerprint density at radius 1 is 1.20 bits per heavy atom. The van der Waals surface area contributed by atoms with E-state index in [-0.39, 0.29) is 5.69 Å². The number of anilines is 1. The lowest BCUT2D eigenvalue weighted by Gasteiger charge is -2.10. The Morgan fingerprint density at radius 2 is 2.05 bits per heavy atom. The summed E-state index contributed by atoms with van der Waals surface area (Å²) < 4.78 is 2.25. The van der Waals surface area contributed by atoms with Crippen LogP contribution in [0.3, 0.4) is 0 Å². The molecule has 5 heteroatoms. The van der Waals surface area contributed by atoms with Crippen LogP contribution >= 0.6 is 0 Å². The van der Waals surface area contributed by atoms with E-state index in [1.165, 1.54) is 5.69 Å². The van der Waals surface area contributed by atoms with Gasteiger partial charge in [-0.15, -0.1) is 0 Å². The summed E-state index contributed by atoms with van der Waals surface area (Å²) in [6.07, 6.45) is 3.23. The highest BCUT2D eigenvalue weighted by Gasteiger charge is 2.02. The number of hydrogen-bond donors (Lipinski definition) is 3. The molecule has 0 unspecified atom stereocenters. The van der Waals surface area contributed by atoms with Gasteiger partial charge in [-0.2, -0.15) is 0 Å². The maximum Gasteiger partial charge on any atom is 0.323 e. The molecular weight excluding hydrogens is 252 g/mol. The van der Waals surface area contributed by atoms with E-state index in [1.807, 2.05) is 18.2 Å². The van der Waals surface area contributed by atoms with Crippen molar-refractivity contribution in [2.75, 3.05) is 5.32 Å². The van der Waals surface area contributed by atoms with Crippen LogP contribution in [0.25, 0.3) is 11.0 Å². The van der Waals surface area contributed by atoms with Gasteiger partial charge >= 0.3 is 5.69 Å². The van der Waals surface area contributed by atoms with Crippen molar-refractivity contribution >= 4 is 16.7 Å². The highest BCUT2D eigenvalue weighted by atomic mass is 16.1. The van der Waals surface area contributed by atoms with Gasteiger partial charge in [0.15, 0.2) is 0 Å². The molecule has 1 aromatic carbocycles. The first-order valence-corrected chi connectivity index (χ1v) is 6.86. The molecular formula is C15H18N4O. The Bertz CT molecular complexity index is 765. The smallest absolute Gasteiger partial charge is 0.323 e. The van der Waals surface area contributed by atoms with E-state index in [1.54, 1.807) is 0 Å². The first-order valence-electron chi connectivity index (χ1n) is 6.86. The molecule has 104 valence electrons. The van der Waals surface area contributed by atoms with E-state index in [4.69, 9.17) is 0 Å². The van der Waals surface area contributed by atoms with E-state index in [2.05, 4.69) is 45.1 Å². The topological polar surface area (TPSA) is 65.6 Å². The van der Waals surface area contributed by atoms with Crippen LogP contribution in [0.1, 0.15) is 19.0 Å². The standard InChI is InChI=1S/C15H18N4O/c1-2-7-19-8-3-4-12(19)10-16-11-5-6-13-14(9-11)18-15(20)17-13/h3-6,8-9,16H,2,7,10H2,1H3,(H2,17,18,20). The lowest BCUT2D eigenvalue weighted by atomic mass is 10.2. The zero-order chi connectivity index (χ0) is 13.9. The highest BCUT2D eigenvalue weighted by Crippen LogP contribution is 2.15. The average molecular weight is 270 g/mol. The second kappa shape index (κ2) is 5.28. The van der Waals surface area contributed by atoms with E-state index >= 15 is 0 Å². The Labute approximate surface area is 116 Å². The summed E-state index contributed by atoms with van der Waals surface area (Å²) in [5, 5.41) is 3.39. The number of hydrogen-bond acceptors (Lipinski definition) is 2. The second-order valence-electron chi connectivity index (χ2n) is 4.89. The molecule has 0 saturated carbocycles. The first-order chi connectivity index (χ1) is 9.76. The van der Waals surface area contributed by atoms with E-state index in [0.717, 1.165) is 36.2 Å². The van der Waals surface area contributed by atoms with Crippen LogP contribution < -0.4 is 11.0 Å². The van der Waals surface area contributed by atoms with Crippen molar-refractivity contribution in [3.8, 4) is 0 Å². The van der Waals surface area contributed by atoms with Crippen molar-refractivity contribution in [1.29, 1.82) is 0 Å². The monoisotopic (exact) mass is 270 g/mol. The van der Waals surface area contributed by atoms with Crippen molar-refractivity contribution in [3.05, 3.63) is 52.7 Å². The van der Waals surface area contributed by atoms with Gasteiger partial charge in [0.25, 0.3) is 0 Å². The first kappa shape index (κ1) is 12.6. The molecule has 0 aliphatic rings. The van der Waals surface area contributed by atoms with Crippen LogP contribution in [0, 0.1) is 0 Å². The fraction of sp³-hybridized carbons (Fsp3) is 0.267. The van der Waals surface area contributed by atoms with Gasteiger partial charge in [0.2, 0.25) is 0 Å². The lowest BCUT2D eigenvalue weighted by Crippen LogP contribution is -2.06. The second-order valence-corrected chi connectivity index (χ2v) is 4.89. The fourth-order valence-corrected chi connectivity index (χ4v) is 2.40. The van der Waals surface area contributed by atoms with Crippen LogP contribution in [0.5, 0.6) is 0 Å². The number of benzene rings is 1. The van der Waals surface area contributed by atoms with Crippen molar-refractivity contribution in [1.82, 2.24) is 14.5 Å². The molecule has 0 aliphatic heterocycles. The Kier molecular flexibility index (Phi) is 3.33. The van der Waals surface area contributed by atoms with E-state index in [0.29, 0.717) is 0 Å². The van der Waals surface area contributed by atoms with Crippen molar-refractivity contribution in [2.45, 2.75) is 26.4 Å². The van der Waals surface area contributed by atoms with Crippen molar-refractivity contribution in [2.24, 2.45) is 0 Å². The molecule has 5 nitrogen and oxygen atoms in total. The average Bonchev–Trinajstić information content (AvgIpc) is 3.01. The molecule has 0 radical (unpaired) electrons. The van der Waals surface area contributed by atoms with Crippen LogP contribution in [-0.2, 0) is 13.1 Å². The maximum absolute atomic E-state index is 11.2. The van der Waals surface area contributed by atoms with Crippen molar-refractivity contribution in [3.63, 3.8) is 0 Å². The minimum Gasteiger partial charge on any atom is -0.379 e. The minimum atomic E-state index is -0.172. The van der Waals surface area contributed by atoms with Gasteiger partial charge in [-0.25, -0.2) is 4.79 Å². The van der Waals surface area contributed by atoms with E-state index < -0.39 is 0 Å². The van der Waals surface area contributed by atoms with Gasteiger partial charge < -0.3 is 19.9 Å². The van der Waals surface area contributed by atoms with Crippen LogP contribution in [0.4, 0.5) is 5.69 Å². The largest absolute Gasteiger partial charge is 0.379 e. The third-order valence-electron chi connectivity index (χ3n) is 3.38. The maximum atomic E-state index is 11.2. The molecule has 0 saturated heterocycles. The molecule has 2 aromatic heterocycles. The number of aryl methyl sites for hydroxylation is 1. The van der Waals surface area contributed by atoms with Gasteiger partial charge in [0.05, 0.1) is 17.6 Å². The van der Waals surface area contributed by atoms with Gasteiger partial charge in [-0.05, 0) is 36.8 Å². The molecule has 3 aromatic rings. The summed E-state index contributed by atoms with van der Waals surface area (Å²) in [5.74, 6) is 0. The third kappa shape index (κ3) is 2.47. The Balaban J connectivity index is 1.75.